The van der Waals surface area contributed by atoms with Crippen molar-refractivity contribution in [1.82, 2.24) is 5.32 Å². The molecule has 4 rings (SSSR count). The maximum absolute atomic E-state index is 13.2. The number of para-hydroxylation sites is 2. The zero-order chi connectivity index (χ0) is 19.5. The van der Waals surface area contributed by atoms with Gasteiger partial charge in [-0.25, -0.2) is 0 Å². The average Bonchev–Trinajstić information content (AvgIpc) is 3.51. The van der Waals surface area contributed by atoms with Crippen LogP contribution in [-0.2, 0) is 16.0 Å². The lowest BCUT2D eigenvalue weighted by atomic mass is 9.94. The third kappa shape index (κ3) is 4.35. The third-order valence-electron chi connectivity index (χ3n) is 5.39. The first-order valence-corrected chi connectivity index (χ1v) is 10.1. The zero-order valence-corrected chi connectivity index (χ0v) is 16.2. The predicted molar refractivity (Wildman–Crippen MR) is 111 cm³/mol. The fourth-order valence-corrected chi connectivity index (χ4v) is 3.77. The second-order valence-electron chi connectivity index (χ2n) is 7.94. The molecule has 1 fully saturated rings. The van der Waals surface area contributed by atoms with Gasteiger partial charge in [0.05, 0.1) is 17.3 Å². The van der Waals surface area contributed by atoms with Gasteiger partial charge in [0.1, 0.15) is 0 Å². The molecule has 1 saturated carbocycles. The van der Waals surface area contributed by atoms with Gasteiger partial charge in [0.2, 0.25) is 11.8 Å². The molecule has 2 N–H and O–H groups in total. The molecule has 1 heterocycles. The van der Waals surface area contributed by atoms with E-state index in [0.29, 0.717) is 19.0 Å². The summed E-state index contributed by atoms with van der Waals surface area (Å²) in [6.45, 7) is 2.68. The first-order chi connectivity index (χ1) is 13.6. The maximum Gasteiger partial charge on any atom is 0.227 e. The molecule has 0 radical (unpaired) electrons. The number of hydrogen-bond acceptors (Lipinski definition) is 3. The van der Waals surface area contributed by atoms with Gasteiger partial charge in [-0.3, -0.25) is 9.59 Å². The Balaban J connectivity index is 1.52. The van der Waals surface area contributed by atoms with Crippen LogP contribution < -0.4 is 15.5 Å². The number of carbonyl (C=O) groups excluding carboxylic acids is 2. The van der Waals surface area contributed by atoms with E-state index in [9.17, 15) is 9.59 Å². The average molecular weight is 377 g/mol. The van der Waals surface area contributed by atoms with Crippen molar-refractivity contribution in [2.24, 2.45) is 5.92 Å². The van der Waals surface area contributed by atoms with E-state index in [-0.39, 0.29) is 30.2 Å². The minimum atomic E-state index is -0.354. The van der Waals surface area contributed by atoms with E-state index < -0.39 is 0 Å². The smallest absolute Gasteiger partial charge is 0.227 e. The van der Waals surface area contributed by atoms with Crippen LogP contribution in [0.25, 0.3) is 0 Å². The van der Waals surface area contributed by atoms with Crippen LogP contribution in [0.15, 0.2) is 54.6 Å². The second kappa shape index (κ2) is 8.05. The summed E-state index contributed by atoms with van der Waals surface area (Å²) < 4.78 is 0. The first kappa shape index (κ1) is 18.5. The van der Waals surface area contributed by atoms with Crippen LogP contribution in [0, 0.1) is 5.92 Å². The van der Waals surface area contributed by atoms with Gasteiger partial charge in [0.25, 0.3) is 0 Å². The number of carbonyl (C=O) groups is 2. The molecule has 2 amide bonds. The molecule has 5 nitrogen and oxygen atoms in total. The zero-order valence-electron chi connectivity index (χ0n) is 16.2. The number of amides is 2. The van der Waals surface area contributed by atoms with Gasteiger partial charge in [0, 0.05) is 25.0 Å². The lowest BCUT2D eigenvalue weighted by molar-refractivity contribution is -0.129. The minimum Gasteiger partial charge on any atom is -0.379 e. The fraction of sp³-hybridized carbons (Fsp3) is 0.391. The van der Waals surface area contributed by atoms with Gasteiger partial charge in [-0.15, -0.1) is 0 Å². The molecular formula is C23H27N3O2. The van der Waals surface area contributed by atoms with Crippen LogP contribution in [-0.4, -0.2) is 30.4 Å². The molecule has 1 aliphatic heterocycles. The highest BCUT2D eigenvalue weighted by Crippen LogP contribution is 2.31. The highest BCUT2D eigenvalue weighted by molar-refractivity contribution is 5.99. The monoisotopic (exact) mass is 377 g/mol. The summed E-state index contributed by atoms with van der Waals surface area (Å²) in [5, 5.41) is 6.51. The number of rotatable bonds is 6. The SMILES string of the molecule is CC1CN(C(=O)CC(Cc2ccccc2)C(=O)NC2CC2)c2ccccc2N1. The van der Waals surface area contributed by atoms with Crippen molar-refractivity contribution in [3.05, 3.63) is 60.2 Å². The molecule has 0 saturated heterocycles. The minimum absolute atomic E-state index is 0.00355. The van der Waals surface area contributed by atoms with Gasteiger partial charge in [-0.05, 0) is 43.9 Å². The van der Waals surface area contributed by atoms with Gasteiger partial charge in [-0.2, -0.15) is 0 Å². The summed E-state index contributed by atoms with van der Waals surface area (Å²) >= 11 is 0. The highest BCUT2D eigenvalue weighted by atomic mass is 16.2. The quantitative estimate of drug-likeness (QED) is 0.811. The number of benzene rings is 2. The third-order valence-corrected chi connectivity index (χ3v) is 5.39. The molecule has 0 spiro atoms. The number of fused-ring (bicyclic) bond motifs is 1. The van der Waals surface area contributed by atoms with E-state index >= 15 is 0 Å². The van der Waals surface area contributed by atoms with E-state index in [4.69, 9.17) is 0 Å². The molecule has 2 aliphatic rings. The van der Waals surface area contributed by atoms with Crippen molar-refractivity contribution in [3.63, 3.8) is 0 Å². The molecule has 1 aliphatic carbocycles. The van der Waals surface area contributed by atoms with Crippen molar-refractivity contribution in [2.75, 3.05) is 16.8 Å². The van der Waals surface area contributed by atoms with Crippen molar-refractivity contribution >= 4 is 23.2 Å². The van der Waals surface area contributed by atoms with E-state index in [1.807, 2.05) is 59.5 Å². The molecule has 2 aromatic carbocycles. The highest BCUT2D eigenvalue weighted by Gasteiger charge is 2.32. The Labute approximate surface area is 166 Å². The van der Waals surface area contributed by atoms with Crippen molar-refractivity contribution in [3.8, 4) is 0 Å². The van der Waals surface area contributed by atoms with Crippen LogP contribution in [0.1, 0.15) is 31.7 Å². The van der Waals surface area contributed by atoms with Gasteiger partial charge >= 0.3 is 0 Å². The van der Waals surface area contributed by atoms with E-state index in [0.717, 1.165) is 29.8 Å². The van der Waals surface area contributed by atoms with E-state index in [1.54, 1.807) is 0 Å². The Morgan fingerprint density at radius 3 is 2.57 bits per heavy atom. The fourth-order valence-electron chi connectivity index (χ4n) is 3.77. The van der Waals surface area contributed by atoms with E-state index in [2.05, 4.69) is 17.6 Å². The van der Waals surface area contributed by atoms with Gasteiger partial charge in [-0.1, -0.05) is 42.5 Å². The molecule has 0 bridgehead atoms. The standard InChI is InChI=1S/C23H27N3O2/c1-16-15-26(21-10-6-5-9-20(21)24-16)22(27)14-18(23(28)25-19-11-12-19)13-17-7-3-2-4-8-17/h2-10,16,18-19,24H,11-15H2,1H3,(H,25,28). The maximum atomic E-state index is 13.2. The van der Waals surface area contributed by atoms with Gasteiger partial charge < -0.3 is 15.5 Å². The Hall–Kier alpha value is -2.82. The summed E-state index contributed by atoms with van der Waals surface area (Å²) in [7, 11) is 0. The molecule has 28 heavy (non-hydrogen) atoms. The summed E-state index contributed by atoms with van der Waals surface area (Å²) in [6, 6.07) is 18.3. The number of nitrogens with zero attached hydrogens (tertiary/aromatic N) is 1. The summed E-state index contributed by atoms with van der Waals surface area (Å²) in [5.74, 6) is -0.350. The van der Waals surface area contributed by atoms with Crippen LogP contribution in [0.5, 0.6) is 0 Å². The normalized spacial score (nSPS) is 19.3. The molecule has 146 valence electrons. The van der Waals surface area contributed by atoms with Gasteiger partial charge in [0.15, 0.2) is 0 Å². The van der Waals surface area contributed by atoms with Crippen LogP contribution >= 0.6 is 0 Å². The number of nitrogens with one attached hydrogen (secondary N) is 2. The molecule has 2 aromatic rings. The topological polar surface area (TPSA) is 61.4 Å². The van der Waals surface area contributed by atoms with Crippen LogP contribution in [0.3, 0.4) is 0 Å². The predicted octanol–water partition coefficient (Wildman–Crippen LogP) is 3.36. The Morgan fingerprint density at radius 2 is 1.82 bits per heavy atom. The van der Waals surface area contributed by atoms with Crippen molar-refractivity contribution < 1.29 is 9.59 Å². The van der Waals surface area contributed by atoms with E-state index in [1.165, 1.54) is 0 Å². The number of hydrogen-bond donors (Lipinski definition) is 2. The molecule has 2 atom stereocenters. The Bertz CT molecular complexity index is 848. The van der Waals surface area contributed by atoms with Crippen LogP contribution in [0.2, 0.25) is 0 Å². The largest absolute Gasteiger partial charge is 0.379 e. The van der Waals surface area contributed by atoms with Crippen molar-refractivity contribution in [2.45, 2.75) is 44.7 Å². The lowest BCUT2D eigenvalue weighted by Crippen LogP contribution is -2.45. The van der Waals surface area contributed by atoms with Crippen LogP contribution in [0.4, 0.5) is 11.4 Å². The Kier molecular flexibility index (Phi) is 5.33. The first-order valence-electron chi connectivity index (χ1n) is 10.1. The summed E-state index contributed by atoms with van der Waals surface area (Å²) in [6.07, 6.45) is 2.88. The number of anilines is 2. The molecule has 0 aromatic heterocycles. The summed E-state index contributed by atoms with van der Waals surface area (Å²) in [5.41, 5.74) is 2.95. The second-order valence-corrected chi connectivity index (χ2v) is 7.94. The molecular weight excluding hydrogens is 350 g/mol. The summed E-state index contributed by atoms with van der Waals surface area (Å²) in [4.78, 5) is 27.9. The molecule has 5 heteroatoms. The Morgan fingerprint density at radius 1 is 1.11 bits per heavy atom. The molecule has 2 unspecified atom stereocenters. The lowest BCUT2D eigenvalue weighted by Gasteiger charge is -2.35. The van der Waals surface area contributed by atoms with Crippen molar-refractivity contribution in [1.29, 1.82) is 0 Å².